The fourth-order valence-electron chi connectivity index (χ4n) is 2.78. The smallest absolute Gasteiger partial charge is 0.293 e. The summed E-state index contributed by atoms with van der Waals surface area (Å²) in [4.78, 5) is 24.8. The van der Waals surface area contributed by atoms with Gasteiger partial charge in [-0.25, -0.2) is 9.20 Å². The number of nitrogens with zero attached hydrogens (tertiary/aromatic N) is 4. The van der Waals surface area contributed by atoms with E-state index in [9.17, 15) is 9.59 Å². The van der Waals surface area contributed by atoms with Gasteiger partial charge in [-0.2, -0.15) is 10.2 Å². The molecule has 27 heavy (non-hydrogen) atoms. The molecule has 142 valence electrons. The lowest BCUT2D eigenvalue weighted by atomic mass is 10.1. The number of nitrogens with one attached hydrogen (secondary N) is 1. The van der Waals surface area contributed by atoms with Gasteiger partial charge in [-0.3, -0.25) is 9.59 Å². The summed E-state index contributed by atoms with van der Waals surface area (Å²) in [5.74, 6) is 1.05. The van der Waals surface area contributed by atoms with Crippen LogP contribution < -0.4 is 15.6 Å². The van der Waals surface area contributed by atoms with Crippen LogP contribution in [0.1, 0.15) is 25.6 Å². The Bertz CT molecular complexity index is 1000. The molecule has 8 nitrogen and oxygen atoms in total. The molecule has 0 bridgehead atoms. The van der Waals surface area contributed by atoms with Crippen LogP contribution in [0.4, 0.5) is 0 Å². The quantitative estimate of drug-likeness (QED) is 0.641. The summed E-state index contributed by atoms with van der Waals surface area (Å²) in [5.41, 5.74) is 1.56. The third kappa shape index (κ3) is 3.99. The topological polar surface area (TPSA) is 90.5 Å². The molecular weight excluding hydrogens is 346 g/mol. The fourth-order valence-corrected chi connectivity index (χ4v) is 2.78. The van der Waals surface area contributed by atoms with Gasteiger partial charge in [-0.05, 0) is 43.7 Å². The second-order valence-corrected chi connectivity index (χ2v) is 6.27. The summed E-state index contributed by atoms with van der Waals surface area (Å²) in [5, 5.41) is 11.5. The van der Waals surface area contributed by atoms with Gasteiger partial charge in [0.2, 0.25) is 5.91 Å². The predicted molar refractivity (Wildman–Crippen MR) is 102 cm³/mol. The van der Waals surface area contributed by atoms with E-state index in [0.29, 0.717) is 23.6 Å². The van der Waals surface area contributed by atoms with Crippen molar-refractivity contribution < 1.29 is 9.53 Å². The molecule has 0 saturated carbocycles. The van der Waals surface area contributed by atoms with E-state index in [-0.39, 0.29) is 18.0 Å². The Morgan fingerprint density at radius 2 is 1.96 bits per heavy atom. The number of hydrogen-bond donors (Lipinski definition) is 1. The van der Waals surface area contributed by atoms with Gasteiger partial charge in [0.15, 0.2) is 0 Å². The molecule has 0 saturated heterocycles. The zero-order chi connectivity index (χ0) is 19.4. The maximum Gasteiger partial charge on any atom is 0.293 e. The van der Waals surface area contributed by atoms with E-state index in [1.165, 1.54) is 9.20 Å². The molecule has 0 aliphatic heterocycles. The standard InChI is InChI=1S/C19H23N5O3/c1-4-5-10-20-18(25)12-23-19(26)17-11-16(22-24(17)13(2)21-23)14-6-8-15(27-3)9-7-14/h6-9,11H,4-5,10,12H2,1-3H3,(H,20,25). The molecule has 1 aromatic carbocycles. The van der Waals surface area contributed by atoms with Gasteiger partial charge >= 0.3 is 0 Å². The van der Waals surface area contributed by atoms with Gasteiger partial charge in [-0.1, -0.05) is 13.3 Å². The summed E-state index contributed by atoms with van der Waals surface area (Å²) in [6, 6.07) is 9.14. The highest BCUT2D eigenvalue weighted by atomic mass is 16.5. The Labute approximate surface area is 156 Å². The number of fused-ring (bicyclic) bond motifs is 1. The first kappa shape index (κ1) is 18.6. The highest BCUT2D eigenvalue weighted by Gasteiger charge is 2.14. The second kappa shape index (κ2) is 8.03. The van der Waals surface area contributed by atoms with E-state index < -0.39 is 0 Å². The van der Waals surface area contributed by atoms with Crippen LogP contribution in [0.3, 0.4) is 0 Å². The lowest BCUT2D eigenvalue weighted by Crippen LogP contribution is -2.35. The van der Waals surface area contributed by atoms with Crippen LogP contribution in [0.2, 0.25) is 0 Å². The molecular formula is C19H23N5O3. The van der Waals surface area contributed by atoms with Gasteiger partial charge in [-0.15, -0.1) is 0 Å². The van der Waals surface area contributed by atoms with Crippen LogP contribution in [0.5, 0.6) is 5.75 Å². The summed E-state index contributed by atoms with van der Waals surface area (Å²) in [6.45, 7) is 4.29. The Morgan fingerprint density at radius 3 is 2.63 bits per heavy atom. The van der Waals surface area contributed by atoms with Crippen molar-refractivity contribution >= 4 is 11.4 Å². The van der Waals surface area contributed by atoms with Crippen LogP contribution in [0.25, 0.3) is 16.8 Å². The molecule has 0 atom stereocenters. The molecule has 1 N–H and O–H groups in total. The molecule has 0 fully saturated rings. The van der Waals surface area contributed by atoms with Gasteiger partial charge < -0.3 is 10.1 Å². The minimum Gasteiger partial charge on any atom is -0.497 e. The number of aryl methyl sites for hydroxylation is 1. The first-order valence-electron chi connectivity index (χ1n) is 8.92. The largest absolute Gasteiger partial charge is 0.497 e. The maximum atomic E-state index is 12.7. The zero-order valence-corrected chi connectivity index (χ0v) is 15.7. The number of methoxy groups -OCH3 is 1. The van der Waals surface area contributed by atoms with E-state index in [2.05, 4.69) is 22.4 Å². The molecule has 2 aromatic heterocycles. The molecule has 8 heteroatoms. The average molecular weight is 369 g/mol. The highest BCUT2D eigenvalue weighted by Crippen LogP contribution is 2.21. The number of carbonyl (C=O) groups is 1. The molecule has 0 aliphatic carbocycles. The second-order valence-electron chi connectivity index (χ2n) is 6.27. The van der Waals surface area contributed by atoms with E-state index >= 15 is 0 Å². The van der Waals surface area contributed by atoms with E-state index in [4.69, 9.17) is 4.74 Å². The number of ether oxygens (including phenoxy) is 1. The monoisotopic (exact) mass is 369 g/mol. The molecule has 2 heterocycles. The van der Waals surface area contributed by atoms with Crippen molar-refractivity contribution in [3.8, 4) is 17.0 Å². The number of unbranched alkanes of at least 4 members (excludes halogenated alkanes) is 1. The summed E-state index contributed by atoms with van der Waals surface area (Å²) in [6.07, 6.45) is 1.90. The first-order chi connectivity index (χ1) is 13.0. The Balaban J connectivity index is 1.92. The van der Waals surface area contributed by atoms with Gasteiger partial charge in [0.1, 0.15) is 23.6 Å². The molecule has 0 unspecified atom stereocenters. The number of benzene rings is 1. The van der Waals surface area contributed by atoms with Crippen molar-refractivity contribution in [1.82, 2.24) is 24.7 Å². The Kier molecular flexibility index (Phi) is 5.54. The third-order valence-corrected chi connectivity index (χ3v) is 4.27. The zero-order valence-electron chi connectivity index (χ0n) is 15.7. The van der Waals surface area contributed by atoms with Crippen molar-refractivity contribution in [3.05, 3.63) is 46.5 Å². The fraction of sp³-hybridized carbons (Fsp3) is 0.368. The first-order valence-corrected chi connectivity index (χ1v) is 8.92. The molecule has 1 amide bonds. The summed E-state index contributed by atoms with van der Waals surface area (Å²) >= 11 is 0. The van der Waals surface area contributed by atoms with Crippen molar-refractivity contribution in [2.45, 2.75) is 33.2 Å². The Hall–Kier alpha value is -3.16. The van der Waals surface area contributed by atoms with Gasteiger partial charge in [0.25, 0.3) is 5.56 Å². The number of aromatic nitrogens is 4. The number of rotatable bonds is 7. The van der Waals surface area contributed by atoms with Crippen LogP contribution in [0.15, 0.2) is 35.1 Å². The van der Waals surface area contributed by atoms with E-state index in [0.717, 1.165) is 24.2 Å². The predicted octanol–water partition coefficient (Wildman–Crippen LogP) is 1.79. The van der Waals surface area contributed by atoms with Gasteiger partial charge in [0.05, 0.1) is 12.8 Å². The van der Waals surface area contributed by atoms with Crippen LogP contribution in [0, 0.1) is 6.92 Å². The molecule has 3 rings (SSSR count). The van der Waals surface area contributed by atoms with E-state index in [1.54, 1.807) is 20.1 Å². The highest BCUT2D eigenvalue weighted by molar-refractivity contribution is 5.75. The summed E-state index contributed by atoms with van der Waals surface area (Å²) in [7, 11) is 1.61. The lowest BCUT2D eigenvalue weighted by molar-refractivity contribution is -0.121. The van der Waals surface area contributed by atoms with Crippen LogP contribution in [-0.4, -0.2) is 39.0 Å². The maximum absolute atomic E-state index is 12.7. The molecule has 0 spiro atoms. The number of hydrogen-bond acceptors (Lipinski definition) is 5. The van der Waals surface area contributed by atoms with E-state index in [1.807, 2.05) is 24.3 Å². The lowest BCUT2D eigenvalue weighted by Gasteiger charge is -2.07. The third-order valence-electron chi connectivity index (χ3n) is 4.27. The van der Waals surface area contributed by atoms with Crippen molar-refractivity contribution in [2.24, 2.45) is 0 Å². The van der Waals surface area contributed by atoms with Crippen molar-refractivity contribution in [1.29, 1.82) is 0 Å². The summed E-state index contributed by atoms with van der Waals surface area (Å²) < 4.78 is 7.86. The minimum absolute atomic E-state index is 0.108. The molecule has 0 aliphatic rings. The van der Waals surface area contributed by atoms with Crippen molar-refractivity contribution in [2.75, 3.05) is 13.7 Å². The van der Waals surface area contributed by atoms with Crippen molar-refractivity contribution in [3.63, 3.8) is 0 Å². The molecule has 3 aromatic rings. The number of amides is 1. The normalized spacial score (nSPS) is 10.9. The average Bonchev–Trinajstić information content (AvgIpc) is 3.12. The van der Waals surface area contributed by atoms with Gasteiger partial charge in [0, 0.05) is 12.1 Å². The molecule has 0 radical (unpaired) electrons. The SMILES string of the molecule is CCCCNC(=O)Cn1nc(C)n2nc(-c3ccc(OC)cc3)cc2c1=O. The van der Waals surface area contributed by atoms with Crippen LogP contribution in [-0.2, 0) is 11.3 Å². The van der Waals surface area contributed by atoms with Crippen LogP contribution >= 0.6 is 0 Å². The number of carbonyl (C=O) groups excluding carboxylic acids is 1. The minimum atomic E-state index is -0.349. The Morgan fingerprint density at radius 1 is 1.22 bits per heavy atom.